The number of hydrogen-bond acceptors (Lipinski definition) is 11. The highest BCUT2D eigenvalue weighted by Gasteiger charge is 2.68. The van der Waals surface area contributed by atoms with E-state index in [0.717, 1.165) is 0 Å². The number of aliphatic hydroxyl groups is 3. The first-order valence-electron chi connectivity index (χ1n) is 15.3. The third kappa shape index (κ3) is 4.89. The SMILES string of the molecule is C[C@H]1c2ccc(CNCC(C)(C)C)c(O)c2C(=O)C2=C(O)[C@]3(O)C(=O)C(C(N)=O)=C(O)[C@@H](N(C)C)[C@@H]3[C@@H](OC3(C=O)CCC3)[C@@H]21. The lowest BCUT2D eigenvalue weighted by molar-refractivity contribution is -0.208. The number of hydrogen-bond donors (Lipinski definition) is 6. The maximum atomic E-state index is 14.4. The van der Waals surface area contributed by atoms with Crippen molar-refractivity contribution in [2.24, 2.45) is 23.0 Å². The summed E-state index contributed by atoms with van der Waals surface area (Å²) in [6.45, 7) is 8.81. The number of benzene rings is 1. The smallest absolute Gasteiger partial charge is 0.255 e. The molecule has 4 aliphatic rings. The van der Waals surface area contributed by atoms with E-state index in [0.29, 0.717) is 43.2 Å². The summed E-state index contributed by atoms with van der Waals surface area (Å²) in [5.74, 6) is -8.60. The summed E-state index contributed by atoms with van der Waals surface area (Å²) in [5.41, 5.74) is 0.811. The van der Waals surface area contributed by atoms with Gasteiger partial charge in [0, 0.05) is 30.1 Å². The number of primary amides is 1. The van der Waals surface area contributed by atoms with Gasteiger partial charge in [0.2, 0.25) is 5.78 Å². The van der Waals surface area contributed by atoms with Crippen LogP contribution in [0.3, 0.4) is 0 Å². The first-order chi connectivity index (χ1) is 20.9. The van der Waals surface area contributed by atoms with E-state index in [9.17, 15) is 39.6 Å². The van der Waals surface area contributed by atoms with E-state index in [1.165, 1.54) is 4.90 Å². The monoisotopic (exact) mass is 625 g/mol. The molecule has 0 spiro atoms. The average Bonchev–Trinajstić information content (AvgIpc) is 2.91. The number of likely N-dealkylation sites (N-methyl/N-ethyl adjacent to an activating group) is 1. The average molecular weight is 626 g/mol. The number of fused-ring (bicyclic) bond motifs is 3. The molecule has 7 N–H and O–H groups in total. The number of nitrogens with two attached hydrogens (primary N) is 1. The number of amides is 1. The molecule has 1 aromatic carbocycles. The Bertz CT molecular complexity index is 1530. The number of aliphatic hydroxyl groups excluding tert-OH is 2. The molecular formula is C33H43N3O9. The van der Waals surface area contributed by atoms with E-state index in [4.69, 9.17) is 10.5 Å². The molecule has 1 amide bonds. The van der Waals surface area contributed by atoms with Crippen molar-refractivity contribution >= 4 is 23.8 Å². The summed E-state index contributed by atoms with van der Waals surface area (Å²) >= 11 is 0. The van der Waals surface area contributed by atoms with Crippen LogP contribution in [0.15, 0.2) is 34.8 Å². The van der Waals surface area contributed by atoms with Crippen LogP contribution in [0.5, 0.6) is 5.75 Å². The van der Waals surface area contributed by atoms with Gasteiger partial charge in [-0.05, 0) is 50.3 Å². The van der Waals surface area contributed by atoms with E-state index in [-0.39, 0.29) is 28.8 Å². The van der Waals surface area contributed by atoms with Crippen molar-refractivity contribution in [3.63, 3.8) is 0 Å². The lowest BCUT2D eigenvalue weighted by Gasteiger charge is -2.56. The number of Topliss-reactive ketones (excluding diaryl/α,β-unsaturated/α-hetero) is 2. The second-order valence-electron chi connectivity index (χ2n) is 14.4. The number of ketones is 2. The van der Waals surface area contributed by atoms with E-state index in [2.05, 4.69) is 26.1 Å². The Balaban J connectivity index is 1.74. The standard InChI is InChI=1S/C33H43N3O9/c1-15-17-9-8-16(12-35-13-31(2,3)4)24(38)19(17)25(39)20-18(15)27(45-32(14-37)10-7-11-32)22-23(36(5)6)26(40)21(30(34)43)29(42)33(22,44)28(20)41/h8-9,14-15,18,22-23,27,35,38,40-41,44H,7,10-13H2,1-6H3,(H2,34,43)/t15-,18+,22+,23-,27-,33-/m0/s1. The van der Waals surface area contributed by atoms with Gasteiger partial charge in [-0.15, -0.1) is 0 Å². The molecule has 12 nitrogen and oxygen atoms in total. The Hall–Kier alpha value is -3.58. The number of carbonyl (C=O) groups excluding carboxylic acids is 4. The zero-order valence-corrected chi connectivity index (χ0v) is 26.5. The van der Waals surface area contributed by atoms with Crippen LogP contribution in [0.25, 0.3) is 0 Å². The van der Waals surface area contributed by atoms with Gasteiger partial charge in [0.1, 0.15) is 28.4 Å². The quantitative estimate of drug-likeness (QED) is 0.182. The largest absolute Gasteiger partial charge is 0.510 e. The highest BCUT2D eigenvalue weighted by Crippen LogP contribution is 2.58. The molecule has 0 radical (unpaired) electrons. The van der Waals surface area contributed by atoms with Gasteiger partial charge in [-0.2, -0.15) is 0 Å². The number of aromatic hydroxyl groups is 1. The van der Waals surface area contributed by atoms with E-state index in [1.54, 1.807) is 33.2 Å². The molecule has 1 fully saturated rings. The Kier molecular flexibility index (Phi) is 8.05. The number of phenolic OH excluding ortho intramolecular Hbond substituents is 1. The first kappa shape index (κ1) is 32.8. The Morgan fingerprint density at radius 2 is 1.82 bits per heavy atom. The zero-order valence-electron chi connectivity index (χ0n) is 26.5. The molecule has 0 unspecified atom stereocenters. The van der Waals surface area contributed by atoms with Crippen LogP contribution in [0.4, 0.5) is 0 Å². The highest BCUT2D eigenvalue weighted by atomic mass is 16.5. The van der Waals surface area contributed by atoms with Crippen molar-refractivity contribution < 1.29 is 44.3 Å². The minimum absolute atomic E-state index is 0.0377. The summed E-state index contributed by atoms with van der Waals surface area (Å²) in [6, 6.07) is 2.17. The van der Waals surface area contributed by atoms with Gasteiger partial charge in [0.15, 0.2) is 17.7 Å². The molecule has 12 heteroatoms. The molecule has 5 rings (SSSR count). The molecule has 1 aromatic rings. The number of carbonyl (C=O) groups is 4. The minimum atomic E-state index is -2.93. The number of nitrogens with zero attached hydrogens (tertiary/aromatic N) is 1. The Morgan fingerprint density at radius 1 is 1.18 bits per heavy atom. The van der Waals surface area contributed by atoms with Gasteiger partial charge in [-0.25, -0.2) is 0 Å². The normalized spacial score (nSPS) is 30.9. The van der Waals surface area contributed by atoms with Gasteiger partial charge < -0.3 is 41.0 Å². The molecule has 0 bridgehead atoms. The number of aldehydes is 1. The summed E-state index contributed by atoms with van der Waals surface area (Å²) in [4.78, 5) is 54.6. The molecule has 0 heterocycles. The molecule has 1 saturated carbocycles. The summed E-state index contributed by atoms with van der Waals surface area (Å²) in [7, 11) is 3.08. The Labute approximate surface area is 261 Å². The van der Waals surface area contributed by atoms with Crippen LogP contribution in [0.1, 0.15) is 74.4 Å². The van der Waals surface area contributed by atoms with Crippen LogP contribution < -0.4 is 11.1 Å². The van der Waals surface area contributed by atoms with Crippen LogP contribution >= 0.6 is 0 Å². The van der Waals surface area contributed by atoms with Crippen LogP contribution in [-0.2, 0) is 25.7 Å². The summed E-state index contributed by atoms with van der Waals surface area (Å²) in [6.07, 6.45) is 0.787. The molecule has 0 saturated heterocycles. The van der Waals surface area contributed by atoms with Gasteiger partial charge in [0.05, 0.1) is 23.6 Å². The Morgan fingerprint density at radius 3 is 2.33 bits per heavy atom. The van der Waals surface area contributed by atoms with Gasteiger partial charge >= 0.3 is 0 Å². The summed E-state index contributed by atoms with van der Waals surface area (Å²) in [5, 5.41) is 50.1. The van der Waals surface area contributed by atoms with Crippen LogP contribution in [-0.4, -0.2) is 93.1 Å². The maximum absolute atomic E-state index is 14.4. The van der Waals surface area contributed by atoms with Crippen LogP contribution in [0, 0.1) is 17.3 Å². The number of phenols is 1. The molecule has 4 aliphatic carbocycles. The highest BCUT2D eigenvalue weighted by molar-refractivity contribution is 6.25. The van der Waals surface area contributed by atoms with E-state index < -0.39 is 75.7 Å². The fourth-order valence-electron chi connectivity index (χ4n) is 7.55. The topological polar surface area (TPSA) is 200 Å². The maximum Gasteiger partial charge on any atom is 0.255 e. The second-order valence-corrected chi connectivity index (χ2v) is 14.4. The second kappa shape index (κ2) is 11.0. The predicted octanol–water partition coefficient (Wildman–Crippen LogP) is 1.93. The van der Waals surface area contributed by atoms with Gasteiger partial charge in [0.25, 0.3) is 5.91 Å². The van der Waals surface area contributed by atoms with E-state index >= 15 is 0 Å². The number of rotatable bonds is 8. The molecule has 45 heavy (non-hydrogen) atoms. The molecule has 0 aromatic heterocycles. The van der Waals surface area contributed by atoms with Crippen molar-refractivity contribution in [2.45, 2.75) is 82.8 Å². The molecule has 244 valence electrons. The van der Waals surface area contributed by atoms with Crippen molar-refractivity contribution in [3.05, 3.63) is 51.5 Å². The first-order valence-corrected chi connectivity index (χ1v) is 15.3. The lowest BCUT2D eigenvalue weighted by Crippen LogP contribution is -2.70. The summed E-state index contributed by atoms with van der Waals surface area (Å²) < 4.78 is 6.54. The fraction of sp³-hybridized carbons (Fsp3) is 0.576. The predicted molar refractivity (Wildman–Crippen MR) is 162 cm³/mol. The van der Waals surface area contributed by atoms with Crippen molar-refractivity contribution in [2.75, 3.05) is 20.6 Å². The number of ether oxygens (including phenoxy) is 1. The van der Waals surface area contributed by atoms with Gasteiger partial charge in [-0.3, -0.25) is 19.3 Å². The molecular weight excluding hydrogens is 582 g/mol. The van der Waals surface area contributed by atoms with Crippen LogP contribution in [0.2, 0.25) is 0 Å². The fourth-order valence-corrected chi connectivity index (χ4v) is 7.55. The van der Waals surface area contributed by atoms with E-state index in [1.807, 2.05) is 0 Å². The van der Waals surface area contributed by atoms with Crippen molar-refractivity contribution in [1.29, 1.82) is 0 Å². The third-order valence-electron chi connectivity index (χ3n) is 9.94. The third-order valence-corrected chi connectivity index (χ3v) is 9.94. The number of nitrogens with one attached hydrogen (secondary N) is 1. The van der Waals surface area contributed by atoms with Gasteiger partial charge in [-0.1, -0.05) is 39.8 Å². The molecule has 6 atom stereocenters. The zero-order chi connectivity index (χ0) is 33.4. The minimum Gasteiger partial charge on any atom is -0.510 e. The lowest BCUT2D eigenvalue weighted by atomic mass is 9.55. The van der Waals surface area contributed by atoms with Crippen molar-refractivity contribution in [3.8, 4) is 5.75 Å². The molecule has 0 aliphatic heterocycles. The van der Waals surface area contributed by atoms with Crippen molar-refractivity contribution in [1.82, 2.24) is 10.2 Å².